The fourth-order valence-electron chi connectivity index (χ4n) is 1.28. The molecule has 0 atom stereocenters. The summed E-state index contributed by atoms with van der Waals surface area (Å²) < 4.78 is 1.91. The minimum absolute atomic E-state index is 0.726. The lowest BCUT2D eigenvalue weighted by Crippen LogP contribution is -1.96. The van der Waals surface area contributed by atoms with Gasteiger partial charge in [-0.15, -0.1) is 0 Å². The highest BCUT2D eigenvalue weighted by Gasteiger charge is 2.01. The first-order chi connectivity index (χ1) is 6.42. The molecular weight excluding hydrogens is 228 g/mol. The van der Waals surface area contributed by atoms with Gasteiger partial charge in [-0.2, -0.15) is 5.10 Å². The van der Waals surface area contributed by atoms with Crippen molar-refractivity contribution in [2.24, 2.45) is 0 Å². The summed E-state index contributed by atoms with van der Waals surface area (Å²) in [4.78, 5) is 0. The SMILES string of the molecule is BrCn1nccc1-c1ccccc1. The summed E-state index contributed by atoms with van der Waals surface area (Å²) in [5.41, 5.74) is 3.06. The highest BCUT2D eigenvalue weighted by molar-refractivity contribution is 9.08. The third kappa shape index (κ3) is 1.65. The van der Waals surface area contributed by atoms with E-state index in [-0.39, 0.29) is 0 Å². The molecule has 0 aliphatic rings. The fourth-order valence-corrected chi connectivity index (χ4v) is 1.68. The Labute approximate surface area is 85.3 Å². The topological polar surface area (TPSA) is 17.8 Å². The van der Waals surface area contributed by atoms with E-state index in [1.807, 2.05) is 35.1 Å². The monoisotopic (exact) mass is 236 g/mol. The minimum Gasteiger partial charge on any atom is -0.254 e. The highest BCUT2D eigenvalue weighted by Crippen LogP contribution is 2.18. The molecule has 0 N–H and O–H groups in total. The zero-order valence-electron chi connectivity index (χ0n) is 7.02. The number of hydrogen-bond acceptors (Lipinski definition) is 1. The molecule has 1 aromatic carbocycles. The van der Waals surface area contributed by atoms with Crippen molar-refractivity contribution in [2.75, 3.05) is 0 Å². The van der Waals surface area contributed by atoms with Gasteiger partial charge in [0.15, 0.2) is 0 Å². The van der Waals surface area contributed by atoms with Gasteiger partial charge in [0.05, 0.1) is 11.1 Å². The molecule has 66 valence electrons. The molecule has 0 saturated heterocycles. The van der Waals surface area contributed by atoms with Gasteiger partial charge in [-0.25, -0.2) is 0 Å². The van der Waals surface area contributed by atoms with Gasteiger partial charge in [0, 0.05) is 6.20 Å². The van der Waals surface area contributed by atoms with Crippen LogP contribution in [0, 0.1) is 0 Å². The zero-order valence-corrected chi connectivity index (χ0v) is 8.61. The van der Waals surface area contributed by atoms with E-state index in [1.54, 1.807) is 0 Å². The maximum absolute atomic E-state index is 4.18. The molecule has 2 nitrogen and oxygen atoms in total. The van der Waals surface area contributed by atoms with E-state index in [0.29, 0.717) is 0 Å². The molecule has 2 rings (SSSR count). The minimum atomic E-state index is 0.726. The van der Waals surface area contributed by atoms with Crippen molar-refractivity contribution in [2.45, 2.75) is 5.45 Å². The number of halogens is 1. The molecule has 3 heteroatoms. The largest absolute Gasteiger partial charge is 0.254 e. The summed E-state index contributed by atoms with van der Waals surface area (Å²) in [5.74, 6) is 0. The van der Waals surface area contributed by atoms with Crippen LogP contribution in [0.1, 0.15) is 0 Å². The van der Waals surface area contributed by atoms with E-state index >= 15 is 0 Å². The van der Waals surface area contributed by atoms with Gasteiger partial charge in [0.1, 0.15) is 0 Å². The van der Waals surface area contributed by atoms with Crippen LogP contribution in [0.25, 0.3) is 11.3 Å². The standard InChI is InChI=1S/C10H9BrN2/c11-8-13-10(6-7-12-13)9-4-2-1-3-5-9/h1-7H,8H2. The molecule has 0 fully saturated rings. The summed E-state index contributed by atoms with van der Waals surface area (Å²) in [7, 11) is 0. The van der Waals surface area contributed by atoms with Gasteiger partial charge in [-0.05, 0) is 11.6 Å². The fraction of sp³-hybridized carbons (Fsp3) is 0.100. The average Bonchev–Trinajstić information content (AvgIpc) is 2.67. The molecule has 0 unspecified atom stereocenters. The number of alkyl halides is 1. The van der Waals surface area contributed by atoms with Crippen molar-refractivity contribution in [3.8, 4) is 11.3 Å². The van der Waals surface area contributed by atoms with Gasteiger partial charge >= 0.3 is 0 Å². The predicted octanol–water partition coefficient (Wildman–Crippen LogP) is 2.90. The van der Waals surface area contributed by atoms with Crippen LogP contribution in [0.5, 0.6) is 0 Å². The van der Waals surface area contributed by atoms with Gasteiger partial charge in [0.2, 0.25) is 0 Å². The average molecular weight is 237 g/mol. The Balaban J connectivity index is 2.47. The lowest BCUT2D eigenvalue weighted by Gasteiger charge is -2.02. The Kier molecular flexibility index (Phi) is 2.45. The molecule has 0 amide bonds. The van der Waals surface area contributed by atoms with E-state index < -0.39 is 0 Å². The molecule has 0 radical (unpaired) electrons. The second kappa shape index (κ2) is 3.75. The van der Waals surface area contributed by atoms with E-state index in [1.165, 1.54) is 5.56 Å². The van der Waals surface area contributed by atoms with Crippen molar-refractivity contribution in [1.82, 2.24) is 9.78 Å². The summed E-state index contributed by atoms with van der Waals surface area (Å²) in [5, 5.41) is 4.18. The first kappa shape index (κ1) is 8.51. The van der Waals surface area contributed by atoms with Crippen LogP contribution in [-0.4, -0.2) is 9.78 Å². The van der Waals surface area contributed by atoms with E-state index in [0.717, 1.165) is 11.1 Å². The van der Waals surface area contributed by atoms with Crippen molar-refractivity contribution >= 4 is 15.9 Å². The van der Waals surface area contributed by atoms with Crippen LogP contribution in [0.2, 0.25) is 0 Å². The lowest BCUT2D eigenvalue weighted by atomic mass is 10.2. The molecular formula is C10H9BrN2. The molecule has 0 aliphatic heterocycles. The number of nitrogens with zero attached hydrogens (tertiary/aromatic N) is 2. The van der Waals surface area contributed by atoms with Crippen LogP contribution >= 0.6 is 15.9 Å². The molecule has 0 aliphatic carbocycles. The summed E-state index contributed by atoms with van der Waals surface area (Å²) >= 11 is 3.39. The maximum Gasteiger partial charge on any atom is 0.0966 e. The van der Waals surface area contributed by atoms with Crippen LogP contribution < -0.4 is 0 Å². The first-order valence-corrected chi connectivity index (χ1v) is 5.17. The second-order valence-corrected chi connectivity index (χ2v) is 3.20. The summed E-state index contributed by atoms with van der Waals surface area (Å²) in [6, 6.07) is 12.2. The van der Waals surface area contributed by atoms with Crippen LogP contribution in [0.3, 0.4) is 0 Å². The van der Waals surface area contributed by atoms with Crippen molar-refractivity contribution in [1.29, 1.82) is 0 Å². The van der Waals surface area contributed by atoms with E-state index in [4.69, 9.17) is 0 Å². The summed E-state index contributed by atoms with van der Waals surface area (Å²) in [6.45, 7) is 0. The number of aromatic nitrogens is 2. The van der Waals surface area contributed by atoms with Crippen LogP contribution in [0.15, 0.2) is 42.6 Å². The second-order valence-electron chi connectivity index (χ2n) is 2.70. The molecule has 2 aromatic rings. The van der Waals surface area contributed by atoms with Crippen LogP contribution in [-0.2, 0) is 5.45 Å². The Morgan fingerprint density at radius 3 is 2.62 bits per heavy atom. The maximum atomic E-state index is 4.18. The molecule has 1 heterocycles. The van der Waals surface area contributed by atoms with Crippen molar-refractivity contribution in [3.63, 3.8) is 0 Å². The van der Waals surface area contributed by atoms with Gasteiger partial charge in [-0.1, -0.05) is 46.3 Å². The predicted molar refractivity (Wildman–Crippen MR) is 56.6 cm³/mol. The summed E-state index contributed by atoms with van der Waals surface area (Å²) in [6.07, 6.45) is 1.81. The molecule has 13 heavy (non-hydrogen) atoms. The molecule has 0 saturated carbocycles. The molecule has 0 spiro atoms. The molecule has 1 aromatic heterocycles. The zero-order chi connectivity index (χ0) is 9.10. The Morgan fingerprint density at radius 2 is 1.92 bits per heavy atom. The first-order valence-electron chi connectivity index (χ1n) is 4.05. The van der Waals surface area contributed by atoms with E-state index in [9.17, 15) is 0 Å². The van der Waals surface area contributed by atoms with Crippen molar-refractivity contribution in [3.05, 3.63) is 42.6 Å². The Hall–Kier alpha value is -1.09. The number of rotatable bonds is 2. The lowest BCUT2D eigenvalue weighted by molar-refractivity contribution is 0.767. The normalized spacial score (nSPS) is 10.2. The van der Waals surface area contributed by atoms with Crippen LogP contribution in [0.4, 0.5) is 0 Å². The molecule has 0 bridgehead atoms. The smallest absolute Gasteiger partial charge is 0.0966 e. The van der Waals surface area contributed by atoms with Gasteiger partial charge < -0.3 is 0 Å². The number of hydrogen-bond donors (Lipinski definition) is 0. The van der Waals surface area contributed by atoms with Gasteiger partial charge in [0.25, 0.3) is 0 Å². The van der Waals surface area contributed by atoms with E-state index in [2.05, 4.69) is 33.2 Å². The quantitative estimate of drug-likeness (QED) is 0.734. The highest BCUT2D eigenvalue weighted by atomic mass is 79.9. The third-order valence-electron chi connectivity index (χ3n) is 1.90. The number of benzene rings is 1. The van der Waals surface area contributed by atoms with Crippen molar-refractivity contribution < 1.29 is 0 Å². The van der Waals surface area contributed by atoms with Gasteiger partial charge in [-0.3, -0.25) is 4.68 Å². The Morgan fingerprint density at radius 1 is 1.15 bits per heavy atom. The Bertz CT molecular complexity index is 381. The third-order valence-corrected chi connectivity index (χ3v) is 2.37.